The van der Waals surface area contributed by atoms with E-state index in [0.717, 1.165) is 18.7 Å². The Bertz CT molecular complexity index is 1300. The van der Waals surface area contributed by atoms with E-state index in [0.29, 0.717) is 61.8 Å². The zero-order valence-corrected chi connectivity index (χ0v) is 19.2. The maximum atomic E-state index is 13.3. The van der Waals surface area contributed by atoms with Crippen LogP contribution in [0.25, 0.3) is 16.7 Å². The molecule has 4 heterocycles. The summed E-state index contributed by atoms with van der Waals surface area (Å²) in [4.78, 5) is 25.5. The molecular weight excluding hydrogens is 477 g/mol. The van der Waals surface area contributed by atoms with Gasteiger partial charge in [-0.25, -0.2) is 4.68 Å². The third kappa shape index (κ3) is 4.11. The number of rotatable bonds is 5. The number of piperazine rings is 1. The first-order chi connectivity index (χ1) is 17.3. The molecule has 13 heteroatoms. The highest BCUT2D eigenvalue weighted by Gasteiger charge is 2.38. The highest BCUT2D eigenvalue weighted by atomic mass is 19.4. The summed E-state index contributed by atoms with van der Waals surface area (Å²) >= 11 is 0. The van der Waals surface area contributed by atoms with Gasteiger partial charge in [-0.2, -0.15) is 28.2 Å². The monoisotopic (exact) mass is 502 g/mol. The van der Waals surface area contributed by atoms with Crippen LogP contribution in [0.5, 0.6) is 0 Å². The summed E-state index contributed by atoms with van der Waals surface area (Å²) in [6, 6.07) is 5.03. The van der Waals surface area contributed by atoms with Crippen molar-refractivity contribution < 1.29 is 23.1 Å². The Morgan fingerprint density at radius 2 is 1.97 bits per heavy atom. The number of anilines is 2. The number of carbonyl (C=O) groups excluding carboxylic acids is 1. The fourth-order valence-corrected chi connectivity index (χ4v) is 4.92. The SMILES string of the molecule is O=C1CNCCN1C1CN(c2nc(NC3CC(O)C3)nc3c2cnn3-c2cccc(C(F)(F)F)c2)C1. The molecule has 3 fully saturated rings. The second-order valence-corrected chi connectivity index (χ2v) is 9.50. The molecule has 3 aliphatic rings. The summed E-state index contributed by atoms with van der Waals surface area (Å²) < 4.78 is 41.4. The molecule has 3 aromatic rings. The minimum atomic E-state index is -4.48. The van der Waals surface area contributed by atoms with Crippen LogP contribution in [0.4, 0.5) is 24.9 Å². The number of benzene rings is 1. The average Bonchev–Trinajstić information content (AvgIpc) is 3.22. The lowest BCUT2D eigenvalue weighted by atomic mass is 9.90. The van der Waals surface area contributed by atoms with Crippen LogP contribution < -0.4 is 15.5 Å². The molecule has 1 amide bonds. The first kappa shape index (κ1) is 23.0. The number of nitrogens with zero attached hydrogens (tertiary/aromatic N) is 6. The van der Waals surface area contributed by atoms with Gasteiger partial charge in [0, 0.05) is 32.2 Å². The average molecular weight is 503 g/mol. The minimum Gasteiger partial charge on any atom is -0.393 e. The number of aliphatic hydroxyl groups excluding tert-OH is 1. The normalized spacial score (nSPS) is 23.1. The predicted octanol–water partition coefficient (Wildman–Crippen LogP) is 1.39. The molecule has 1 saturated carbocycles. The number of carbonyl (C=O) groups is 1. The van der Waals surface area contributed by atoms with Gasteiger partial charge in [-0.05, 0) is 31.0 Å². The molecule has 3 N–H and O–H groups in total. The number of hydrogen-bond donors (Lipinski definition) is 3. The van der Waals surface area contributed by atoms with Crippen LogP contribution in [-0.2, 0) is 11.0 Å². The first-order valence-corrected chi connectivity index (χ1v) is 11.9. The van der Waals surface area contributed by atoms with E-state index in [4.69, 9.17) is 4.98 Å². The topological polar surface area (TPSA) is 111 Å². The zero-order chi connectivity index (χ0) is 25.0. The van der Waals surface area contributed by atoms with Crippen molar-refractivity contribution in [3.8, 4) is 5.69 Å². The van der Waals surface area contributed by atoms with Crippen LogP contribution in [0.1, 0.15) is 18.4 Å². The zero-order valence-electron chi connectivity index (χ0n) is 19.2. The van der Waals surface area contributed by atoms with Crippen molar-refractivity contribution in [2.75, 3.05) is 42.9 Å². The number of nitrogens with one attached hydrogen (secondary N) is 2. The fourth-order valence-electron chi connectivity index (χ4n) is 4.92. The summed E-state index contributed by atoms with van der Waals surface area (Å²) in [5.74, 6) is 1.01. The standard InChI is InChI=1S/C23H25F3N8O2/c24-23(25,26)13-2-1-3-15(6-13)34-21-18(9-28-34)20(30-22(31-21)29-14-7-17(35)8-14)32-11-16(12-32)33-5-4-27-10-19(33)36/h1-3,6,9,14,16-17,27,35H,4-5,7-8,10-12H2,(H,29,30,31). The largest absolute Gasteiger partial charge is 0.416 e. The van der Waals surface area contributed by atoms with E-state index in [9.17, 15) is 23.1 Å². The Balaban J connectivity index is 1.35. The molecule has 2 aromatic heterocycles. The number of hydrogen-bond acceptors (Lipinski definition) is 8. The highest BCUT2D eigenvalue weighted by molar-refractivity contribution is 5.90. The maximum Gasteiger partial charge on any atom is 0.416 e. The van der Waals surface area contributed by atoms with E-state index in [-0.39, 0.29) is 29.8 Å². The Hall–Kier alpha value is -3.45. The summed E-state index contributed by atoms with van der Waals surface area (Å²) in [7, 11) is 0. The first-order valence-electron chi connectivity index (χ1n) is 11.9. The van der Waals surface area contributed by atoms with Gasteiger partial charge in [-0.1, -0.05) is 6.07 Å². The molecule has 6 rings (SSSR count). The predicted molar refractivity (Wildman–Crippen MR) is 125 cm³/mol. The van der Waals surface area contributed by atoms with Gasteiger partial charge in [-0.3, -0.25) is 4.79 Å². The van der Waals surface area contributed by atoms with Crippen LogP contribution in [0.3, 0.4) is 0 Å². The van der Waals surface area contributed by atoms with E-state index in [1.165, 1.54) is 10.7 Å². The minimum absolute atomic E-state index is 0.0119. The highest BCUT2D eigenvalue weighted by Crippen LogP contribution is 2.34. The van der Waals surface area contributed by atoms with Crippen LogP contribution in [-0.4, -0.2) is 86.6 Å². The van der Waals surface area contributed by atoms with Gasteiger partial charge in [0.15, 0.2) is 5.65 Å². The van der Waals surface area contributed by atoms with E-state index in [2.05, 4.69) is 20.7 Å². The molecule has 0 atom stereocenters. The molecule has 1 aromatic carbocycles. The van der Waals surface area contributed by atoms with Crippen molar-refractivity contribution in [2.45, 2.75) is 37.2 Å². The van der Waals surface area contributed by atoms with Gasteiger partial charge in [0.05, 0.1) is 41.5 Å². The van der Waals surface area contributed by atoms with Crippen molar-refractivity contribution in [2.24, 2.45) is 0 Å². The Labute approximate surface area is 204 Å². The van der Waals surface area contributed by atoms with Crippen molar-refractivity contribution in [1.29, 1.82) is 0 Å². The molecule has 0 spiro atoms. The number of aromatic nitrogens is 4. The van der Waals surface area contributed by atoms with Crippen molar-refractivity contribution >= 4 is 28.7 Å². The molecule has 0 radical (unpaired) electrons. The fraction of sp³-hybridized carbons (Fsp3) is 0.478. The van der Waals surface area contributed by atoms with Crippen molar-refractivity contribution in [3.63, 3.8) is 0 Å². The second kappa shape index (κ2) is 8.59. The van der Waals surface area contributed by atoms with Crippen molar-refractivity contribution in [1.82, 2.24) is 30.0 Å². The number of alkyl halides is 3. The molecule has 1 aliphatic carbocycles. The third-order valence-electron chi connectivity index (χ3n) is 7.00. The van der Waals surface area contributed by atoms with Crippen LogP contribution in [0, 0.1) is 0 Å². The van der Waals surface area contributed by atoms with Gasteiger partial charge in [0.25, 0.3) is 0 Å². The molecule has 10 nitrogen and oxygen atoms in total. The Morgan fingerprint density at radius 3 is 2.69 bits per heavy atom. The van der Waals surface area contributed by atoms with E-state index in [1.807, 2.05) is 9.80 Å². The molecule has 2 saturated heterocycles. The lowest BCUT2D eigenvalue weighted by Gasteiger charge is -2.47. The number of amides is 1. The summed E-state index contributed by atoms with van der Waals surface area (Å²) in [5.41, 5.74) is -0.156. The van der Waals surface area contributed by atoms with Crippen LogP contribution >= 0.6 is 0 Å². The van der Waals surface area contributed by atoms with E-state index in [1.54, 1.807) is 12.3 Å². The van der Waals surface area contributed by atoms with Crippen LogP contribution in [0.2, 0.25) is 0 Å². The van der Waals surface area contributed by atoms with Crippen molar-refractivity contribution in [3.05, 3.63) is 36.0 Å². The molecule has 0 unspecified atom stereocenters. The van der Waals surface area contributed by atoms with Gasteiger partial charge in [0.2, 0.25) is 11.9 Å². The van der Waals surface area contributed by atoms with E-state index < -0.39 is 11.7 Å². The smallest absolute Gasteiger partial charge is 0.393 e. The number of aliphatic hydroxyl groups is 1. The van der Waals surface area contributed by atoms with Gasteiger partial charge >= 0.3 is 6.18 Å². The second-order valence-electron chi connectivity index (χ2n) is 9.50. The summed E-state index contributed by atoms with van der Waals surface area (Å²) in [6.07, 6.45) is -2.15. The maximum absolute atomic E-state index is 13.3. The summed E-state index contributed by atoms with van der Waals surface area (Å²) in [5, 5.41) is 20.9. The quantitative estimate of drug-likeness (QED) is 0.480. The molecule has 2 aliphatic heterocycles. The lowest BCUT2D eigenvalue weighted by Crippen LogP contribution is -2.64. The summed E-state index contributed by atoms with van der Waals surface area (Å²) in [6.45, 7) is 2.92. The molecular formula is C23H25F3N8O2. The Kier molecular flexibility index (Phi) is 5.48. The molecule has 36 heavy (non-hydrogen) atoms. The third-order valence-corrected chi connectivity index (χ3v) is 7.00. The Morgan fingerprint density at radius 1 is 1.17 bits per heavy atom. The molecule has 0 bridgehead atoms. The molecule has 190 valence electrons. The van der Waals surface area contributed by atoms with Gasteiger partial charge in [0.1, 0.15) is 5.82 Å². The lowest BCUT2D eigenvalue weighted by molar-refractivity contribution is -0.137. The number of fused-ring (bicyclic) bond motifs is 1. The van der Waals surface area contributed by atoms with Gasteiger partial charge in [-0.15, -0.1) is 0 Å². The van der Waals surface area contributed by atoms with Crippen LogP contribution in [0.15, 0.2) is 30.5 Å². The van der Waals surface area contributed by atoms with Gasteiger partial charge < -0.3 is 25.5 Å². The number of halogens is 3. The van der Waals surface area contributed by atoms with E-state index >= 15 is 0 Å².